The first-order valence-corrected chi connectivity index (χ1v) is 6.60. The first-order chi connectivity index (χ1) is 8.69. The quantitative estimate of drug-likeness (QED) is 0.689. The molecule has 2 aromatic rings. The van der Waals surface area contributed by atoms with Gasteiger partial charge in [-0.3, -0.25) is 0 Å². The zero-order chi connectivity index (χ0) is 13.0. The molecular weight excluding hydrogens is 270 g/mol. The van der Waals surface area contributed by atoms with Gasteiger partial charge in [0.1, 0.15) is 0 Å². The van der Waals surface area contributed by atoms with E-state index in [4.69, 9.17) is 22.1 Å². The molecule has 1 heterocycles. The first kappa shape index (κ1) is 13.0. The van der Waals surface area contributed by atoms with E-state index in [-0.39, 0.29) is 0 Å². The van der Waals surface area contributed by atoms with E-state index in [1.165, 1.54) is 0 Å². The van der Waals surface area contributed by atoms with Crippen LogP contribution in [0.1, 0.15) is 5.69 Å². The molecule has 0 fully saturated rings. The minimum atomic E-state index is 0.509. The lowest BCUT2D eigenvalue weighted by Crippen LogP contribution is -1.94. The van der Waals surface area contributed by atoms with Crippen LogP contribution in [0, 0.1) is 0 Å². The molecule has 0 aliphatic carbocycles. The number of thioether (sulfide) groups is 1. The largest absolute Gasteiger partial charge is 0.480 e. The molecule has 0 amide bonds. The summed E-state index contributed by atoms with van der Waals surface area (Å²) in [4.78, 5) is 0.975. The van der Waals surface area contributed by atoms with Crippen molar-refractivity contribution in [2.75, 3.05) is 12.8 Å². The second kappa shape index (κ2) is 5.93. The zero-order valence-corrected chi connectivity index (χ0v) is 11.3. The number of aromatic nitrogens is 2. The van der Waals surface area contributed by atoms with Crippen molar-refractivity contribution in [1.29, 1.82) is 0 Å². The number of hydrogen-bond acceptors (Lipinski definition) is 5. The Kier molecular flexibility index (Phi) is 4.28. The molecule has 6 heteroatoms. The minimum Gasteiger partial charge on any atom is -0.480 e. The summed E-state index contributed by atoms with van der Waals surface area (Å²) in [6.07, 6.45) is 0. The van der Waals surface area contributed by atoms with Crippen LogP contribution in [0.2, 0.25) is 5.02 Å². The van der Waals surface area contributed by atoms with Gasteiger partial charge in [-0.15, -0.1) is 16.9 Å². The summed E-state index contributed by atoms with van der Waals surface area (Å²) in [5.41, 5.74) is 7.17. The van der Waals surface area contributed by atoms with Crippen LogP contribution in [0.25, 0.3) is 0 Å². The molecule has 0 saturated heterocycles. The fraction of sp³-hybridized carbons (Fsp3) is 0.167. The smallest absolute Gasteiger partial charge is 0.233 e. The molecule has 0 unspecified atom stereocenters. The Labute approximate surface area is 115 Å². The van der Waals surface area contributed by atoms with E-state index in [1.807, 2.05) is 18.2 Å². The minimum absolute atomic E-state index is 0.509. The van der Waals surface area contributed by atoms with Crippen LogP contribution >= 0.6 is 23.4 Å². The molecule has 2 rings (SSSR count). The Hall–Kier alpha value is -1.46. The first-order valence-electron chi connectivity index (χ1n) is 5.23. The van der Waals surface area contributed by atoms with Gasteiger partial charge in [0.15, 0.2) is 0 Å². The molecule has 0 spiro atoms. The van der Waals surface area contributed by atoms with Crippen LogP contribution in [-0.2, 0) is 5.75 Å². The lowest BCUT2D eigenvalue weighted by atomic mass is 10.3. The van der Waals surface area contributed by atoms with Gasteiger partial charge in [-0.2, -0.15) is 5.10 Å². The number of anilines is 1. The van der Waals surface area contributed by atoms with Crippen LogP contribution in [0.3, 0.4) is 0 Å². The Balaban J connectivity index is 2.02. The van der Waals surface area contributed by atoms with Gasteiger partial charge in [0, 0.05) is 22.4 Å². The van der Waals surface area contributed by atoms with E-state index < -0.39 is 0 Å². The summed E-state index contributed by atoms with van der Waals surface area (Å²) < 4.78 is 4.95. The van der Waals surface area contributed by atoms with Crippen molar-refractivity contribution in [3.05, 3.63) is 41.0 Å². The molecule has 4 nitrogen and oxygen atoms in total. The number of hydrogen-bond donors (Lipinski definition) is 1. The Morgan fingerprint density at radius 2 is 2.11 bits per heavy atom. The average Bonchev–Trinajstić information content (AvgIpc) is 2.38. The van der Waals surface area contributed by atoms with Crippen molar-refractivity contribution < 1.29 is 4.74 Å². The highest BCUT2D eigenvalue weighted by molar-refractivity contribution is 7.98. The van der Waals surface area contributed by atoms with E-state index in [9.17, 15) is 0 Å². The molecular formula is C12H12ClN3OS. The maximum atomic E-state index is 6.09. The lowest BCUT2D eigenvalue weighted by Gasteiger charge is -2.04. The number of nitrogens with two attached hydrogens (primary N) is 1. The second-order valence-corrected chi connectivity index (χ2v) is 4.97. The molecule has 1 aromatic carbocycles. The Morgan fingerprint density at radius 3 is 2.72 bits per heavy atom. The van der Waals surface area contributed by atoms with Crippen LogP contribution in [0.15, 0.2) is 35.2 Å². The summed E-state index contributed by atoms with van der Waals surface area (Å²) in [5.74, 6) is 1.20. The van der Waals surface area contributed by atoms with E-state index in [1.54, 1.807) is 31.0 Å². The number of methoxy groups -OCH3 is 1. The van der Waals surface area contributed by atoms with Gasteiger partial charge in [-0.05, 0) is 24.3 Å². The number of benzene rings is 1. The highest BCUT2D eigenvalue weighted by Crippen LogP contribution is 2.30. The number of nitrogen functional groups attached to an aromatic ring is 1. The third-order valence-corrected chi connectivity index (χ3v) is 3.77. The van der Waals surface area contributed by atoms with E-state index in [2.05, 4.69) is 10.2 Å². The molecule has 0 bridgehead atoms. The van der Waals surface area contributed by atoms with Crippen LogP contribution in [-0.4, -0.2) is 17.3 Å². The highest BCUT2D eigenvalue weighted by atomic mass is 35.5. The Morgan fingerprint density at radius 1 is 1.28 bits per heavy atom. The van der Waals surface area contributed by atoms with E-state index in [0.717, 1.165) is 10.6 Å². The standard InChI is InChI=1S/C12H12ClN3OS/c1-17-12-5-3-9(15-16-12)7-18-11-4-2-8(14)6-10(11)13/h2-6H,7,14H2,1H3. The molecule has 0 radical (unpaired) electrons. The van der Waals surface area contributed by atoms with E-state index >= 15 is 0 Å². The molecule has 18 heavy (non-hydrogen) atoms. The van der Waals surface area contributed by atoms with Gasteiger partial charge in [0.2, 0.25) is 5.88 Å². The van der Waals surface area contributed by atoms with Gasteiger partial charge in [0.25, 0.3) is 0 Å². The van der Waals surface area contributed by atoms with Crippen molar-refractivity contribution in [1.82, 2.24) is 10.2 Å². The average molecular weight is 282 g/mol. The number of ether oxygens (including phenoxy) is 1. The monoisotopic (exact) mass is 281 g/mol. The second-order valence-electron chi connectivity index (χ2n) is 3.55. The van der Waals surface area contributed by atoms with Gasteiger partial charge in [0.05, 0.1) is 17.8 Å². The number of nitrogens with zero attached hydrogens (tertiary/aromatic N) is 2. The zero-order valence-electron chi connectivity index (χ0n) is 9.76. The topological polar surface area (TPSA) is 61.0 Å². The van der Waals surface area contributed by atoms with Gasteiger partial charge >= 0.3 is 0 Å². The molecule has 0 aliphatic rings. The summed E-state index contributed by atoms with van der Waals surface area (Å²) in [5, 5.41) is 8.61. The molecule has 94 valence electrons. The van der Waals surface area contributed by atoms with Crippen molar-refractivity contribution >= 4 is 29.1 Å². The van der Waals surface area contributed by atoms with Crippen LogP contribution < -0.4 is 10.5 Å². The van der Waals surface area contributed by atoms with Crippen molar-refractivity contribution in [3.63, 3.8) is 0 Å². The summed E-state index contributed by atoms with van der Waals surface area (Å²) in [6, 6.07) is 9.13. The van der Waals surface area contributed by atoms with Crippen molar-refractivity contribution in [2.24, 2.45) is 0 Å². The number of halogens is 1. The third kappa shape index (κ3) is 3.27. The summed E-state index contributed by atoms with van der Waals surface area (Å²) in [6.45, 7) is 0. The van der Waals surface area contributed by atoms with Crippen LogP contribution in [0.5, 0.6) is 5.88 Å². The maximum absolute atomic E-state index is 6.09. The normalized spacial score (nSPS) is 10.3. The third-order valence-electron chi connectivity index (χ3n) is 2.24. The van der Waals surface area contributed by atoms with E-state index in [0.29, 0.717) is 22.3 Å². The van der Waals surface area contributed by atoms with Gasteiger partial charge in [-0.25, -0.2) is 0 Å². The van der Waals surface area contributed by atoms with Crippen molar-refractivity contribution in [2.45, 2.75) is 10.6 Å². The molecule has 1 aromatic heterocycles. The van der Waals surface area contributed by atoms with Gasteiger partial charge in [-0.1, -0.05) is 11.6 Å². The maximum Gasteiger partial charge on any atom is 0.233 e. The molecule has 0 saturated carbocycles. The molecule has 0 atom stereocenters. The molecule has 0 aliphatic heterocycles. The number of rotatable bonds is 4. The predicted octanol–water partition coefficient (Wildman–Crippen LogP) is 3.01. The van der Waals surface area contributed by atoms with Gasteiger partial charge < -0.3 is 10.5 Å². The fourth-order valence-corrected chi connectivity index (χ4v) is 2.49. The highest BCUT2D eigenvalue weighted by Gasteiger charge is 2.04. The fourth-order valence-electron chi connectivity index (χ4n) is 1.32. The Bertz CT molecular complexity index is 533. The van der Waals surface area contributed by atoms with Crippen LogP contribution in [0.4, 0.5) is 5.69 Å². The van der Waals surface area contributed by atoms with Crippen molar-refractivity contribution in [3.8, 4) is 5.88 Å². The SMILES string of the molecule is COc1ccc(CSc2ccc(N)cc2Cl)nn1. The predicted molar refractivity (Wildman–Crippen MR) is 74.0 cm³/mol. The summed E-state index contributed by atoms with van der Waals surface area (Å²) in [7, 11) is 1.56. The lowest BCUT2D eigenvalue weighted by molar-refractivity contribution is 0.391. The molecule has 2 N–H and O–H groups in total. The summed E-state index contributed by atoms with van der Waals surface area (Å²) >= 11 is 7.68.